The second-order valence-electron chi connectivity index (χ2n) is 5.18. The van der Waals surface area contributed by atoms with Gasteiger partial charge in [0, 0.05) is 16.8 Å². The van der Waals surface area contributed by atoms with E-state index in [1.54, 1.807) is 32.4 Å². The number of halogens is 1. The van der Waals surface area contributed by atoms with Crippen LogP contribution >= 0.6 is 11.6 Å². The van der Waals surface area contributed by atoms with Crippen molar-refractivity contribution in [3.05, 3.63) is 53.1 Å². The molecular formula is C18H21ClN2O3. The number of ether oxygens (including phenoxy) is 2. The Bertz CT molecular complexity index is 689. The zero-order valence-electron chi connectivity index (χ0n) is 13.9. The molecule has 5 nitrogen and oxygen atoms in total. The first kappa shape index (κ1) is 17.9. The molecule has 0 fully saturated rings. The lowest BCUT2D eigenvalue weighted by Gasteiger charge is -2.18. The van der Waals surface area contributed by atoms with Crippen molar-refractivity contribution < 1.29 is 14.3 Å². The van der Waals surface area contributed by atoms with Crippen LogP contribution in [0.2, 0.25) is 5.02 Å². The average molecular weight is 349 g/mol. The van der Waals surface area contributed by atoms with Crippen molar-refractivity contribution >= 4 is 23.3 Å². The Balaban J connectivity index is 2.05. The van der Waals surface area contributed by atoms with Gasteiger partial charge in [-0.3, -0.25) is 0 Å². The summed E-state index contributed by atoms with van der Waals surface area (Å²) in [5.74, 6) is 1.16. The highest BCUT2D eigenvalue weighted by atomic mass is 35.5. The molecule has 0 aliphatic carbocycles. The van der Waals surface area contributed by atoms with Crippen LogP contribution in [-0.2, 0) is 0 Å². The fourth-order valence-corrected chi connectivity index (χ4v) is 2.48. The summed E-state index contributed by atoms with van der Waals surface area (Å²) in [4.78, 5) is 12.3. The summed E-state index contributed by atoms with van der Waals surface area (Å²) in [5, 5.41) is 6.42. The van der Waals surface area contributed by atoms with Gasteiger partial charge in [0.1, 0.15) is 0 Å². The lowest BCUT2D eigenvalue weighted by Crippen LogP contribution is -2.32. The Kier molecular flexibility index (Phi) is 6.32. The number of carbonyl (C=O) groups excluding carboxylic acids is 1. The quantitative estimate of drug-likeness (QED) is 0.800. The first-order valence-corrected chi connectivity index (χ1v) is 8.00. The molecule has 0 aliphatic heterocycles. The Hall–Kier alpha value is -2.40. The number of amides is 2. The molecule has 2 amide bonds. The number of anilines is 1. The fourth-order valence-electron chi connectivity index (χ4n) is 2.36. The van der Waals surface area contributed by atoms with Crippen molar-refractivity contribution in [2.45, 2.75) is 19.4 Å². The molecule has 0 spiro atoms. The number of methoxy groups -OCH3 is 2. The molecule has 6 heteroatoms. The summed E-state index contributed by atoms with van der Waals surface area (Å²) in [7, 11) is 3.12. The number of rotatable bonds is 6. The van der Waals surface area contributed by atoms with E-state index in [-0.39, 0.29) is 12.1 Å². The third-order valence-electron chi connectivity index (χ3n) is 3.63. The van der Waals surface area contributed by atoms with Gasteiger partial charge in [0.25, 0.3) is 0 Å². The van der Waals surface area contributed by atoms with E-state index in [9.17, 15) is 4.79 Å². The van der Waals surface area contributed by atoms with Crippen LogP contribution in [0.4, 0.5) is 10.5 Å². The lowest BCUT2D eigenvalue weighted by atomic mass is 10.1. The SMILES string of the molecule is CC[C@@H](NC(=O)Nc1ccc(OC)c(OC)c1)c1ccc(Cl)cc1. The van der Waals surface area contributed by atoms with Gasteiger partial charge >= 0.3 is 6.03 Å². The van der Waals surface area contributed by atoms with Gasteiger partial charge in [-0.25, -0.2) is 4.79 Å². The monoisotopic (exact) mass is 348 g/mol. The summed E-state index contributed by atoms with van der Waals surface area (Å²) in [5.41, 5.74) is 1.63. The average Bonchev–Trinajstić information content (AvgIpc) is 2.60. The Morgan fingerprint density at radius 3 is 2.33 bits per heavy atom. The molecule has 0 unspecified atom stereocenters. The van der Waals surface area contributed by atoms with E-state index in [1.807, 2.05) is 31.2 Å². The van der Waals surface area contributed by atoms with Crippen molar-refractivity contribution in [3.8, 4) is 11.5 Å². The van der Waals surface area contributed by atoms with Gasteiger partial charge in [-0.2, -0.15) is 0 Å². The van der Waals surface area contributed by atoms with E-state index in [4.69, 9.17) is 21.1 Å². The fraction of sp³-hybridized carbons (Fsp3) is 0.278. The van der Waals surface area contributed by atoms with E-state index >= 15 is 0 Å². The van der Waals surface area contributed by atoms with E-state index in [0.29, 0.717) is 22.2 Å². The van der Waals surface area contributed by atoms with Crippen LogP contribution in [0.3, 0.4) is 0 Å². The van der Waals surface area contributed by atoms with Crippen molar-refractivity contribution in [3.63, 3.8) is 0 Å². The molecule has 2 rings (SSSR count). The highest BCUT2D eigenvalue weighted by Crippen LogP contribution is 2.29. The Morgan fingerprint density at radius 2 is 1.75 bits per heavy atom. The number of urea groups is 1. The largest absolute Gasteiger partial charge is 0.493 e. The topological polar surface area (TPSA) is 59.6 Å². The third kappa shape index (κ3) is 4.55. The normalized spacial score (nSPS) is 11.5. The molecule has 0 heterocycles. The predicted octanol–water partition coefficient (Wildman–Crippen LogP) is 4.63. The maximum Gasteiger partial charge on any atom is 0.319 e. The van der Waals surface area contributed by atoms with Crippen LogP contribution in [0.5, 0.6) is 11.5 Å². The van der Waals surface area contributed by atoms with Crippen molar-refractivity contribution in [1.82, 2.24) is 5.32 Å². The second-order valence-corrected chi connectivity index (χ2v) is 5.62. The molecule has 0 saturated heterocycles. The molecule has 24 heavy (non-hydrogen) atoms. The van der Waals surface area contributed by atoms with Crippen LogP contribution in [0.15, 0.2) is 42.5 Å². The molecule has 0 saturated carbocycles. The van der Waals surface area contributed by atoms with Gasteiger partial charge in [-0.15, -0.1) is 0 Å². The van der Waals surface area contributed by atoms with Gasteiger partial charge in [0.2, 0.25) is 0 Å². The van der Waals surface area contributed by atoms with Gasteiger partial charge in [0.05, 0.1) is 20.3 Å². The maximum atomic E-state index is 12.3. The van der Waals surface area contributed by atoms with Gasteiger partial charge in [0.15, 0.2) is 11.5 Å². The standard InChI is InChI=1S/C18H21ClN2O3/c1-4-15(12-5-7-13(19)8-6-12)21-18(22)20-14-9-10-16(23-2)17(11-14)24-3/h5-11,15H,4H2,1-3H3,(H2,20,21,22)/t15-/m1/s1. The first-order valence-electron chi connectivity index (χ1n) is 7.62. The van der Waals surface area contributed by atoms with Crippen molar-refractivity contribution in [2.24, 2.45) is 0 Å². The van der Waals surface area contributed by atoms with E-state index in [1.165, 1.54) is 0 Å². The number of nitrogens with one attached hydrogen (secondary N) is 2. The smallest absolute Gasteiger partial charge is 0.319 e. The van der Waals surface area contributed by atoms with Crippen LogP contribution in [0.1, 0.15) is 24.9 Å². The third-order valence-corrected chi connectivity index (χ3v) is 3.88. The zero-order chi connectivity index (χ0) is 17.5. The summed E-state index contributed by atoms with van der Waals surface area (Å²) < 4.78 is 10.4. The predicted molar refractivity (Wildman–Crippen MR) is 96.2 cm³/mol. The summed E-state index contributed by atoms with van der Waals surface area (Å²) in [6.45, 7) is 2.01. The molecule has 2 aromatic carbocycles. The number of carbonyl (C=O) groups is 1. The van der Waals surface area contributed by atoms with Gasteiger partial charge in [-0.1, -0.05) is 30.7 Å². The summed E-state index contributed by atoms with van der Waals surface area (Å²) in [6.07, 6.45) is 0.765. The molecule has 0 aromatic heterocycles. The highest BCUT2D eigenvalue weighted by Gasteiger charge is 2.13. The number of hydrogen-bond donors (Lipinski definition) is 2. The zero-order valence-corrected chi connectivity index (χ0v) is 14.7. The number of hydrogen-bond acceptors (Lipinski definition) is 3. The molecule has 0 bridgehead atoms. The minimum Gasteiger partial charge on any atom is -0.493 e. The molecule has 128 valence electrons. The van der Waals surface area contributed by atoms with Crippen LogP contribution in [-0.4, -0.2) is 20.3 Å². The van der Waals surface area contributed by atoms with E-state index in [0.717, 1.165) is 12.0 Å². The van der Waals surface area contributed by atoms with E-state index in [2.05, 4.69) is 10.6 Å². The van der Waals surface area contributed by atoms with Crippen LogP contribution < -0.4 is 20.1 Å². The molecule has 1 atom stereocenters. The first-order chi connectivity index (χ1) is 11.6. The molecule has 2 aromatic rings. The van der Waals surface area contributed by atoms with Crippen LogP contribution in [0.25, 0.3) is 0 Å². The maximum absolute atomic E-state index is 12.3. The van der Waals surface area contributed by atoms with E-state index < -0.39 is 0 Å². The summed E-state index contributed by atoms with van der Waals surface area (Å²) in [6, 6.07) is 12.3. The van der Waals surface area contributed by atoms with Crippen molar-refractivity contribution in [1.29, 1.82) is 0 Å². The lowest BCUT2D eigenvalue weighted by molar-refractivity contribution is 0.248. The molecular weight excluding hydrogens is 328 g/mol. The summed E-state index contributed by atoms with van der Waals surface area (Å²) >= 11 is 5.90. The van der Waals surface area contributed by atoms with Crippen LogP contribution in [0, 0.1) is 0 Å². The van der Waals surface area contributed by atoms with Crippen molar-refractivity contribution in [2.75, 3.05) is 19.5 Å². The molecule has 0 radical (unpaired) electrons. The molecule has 0 aliphatic rings. The molecule has 2 N–H and O–H groups in total. The second kappa shape index (κ2) is 8.45. The van der Waals surface area contributed by atoms with Gasteiger partial charge in [-0.05, 0) is 36.2 Å². The minimum absolute atomic E-state index is 0.0950. The number of benzene rings is 2. The Morgan fingerprint density at radius 1 is 1.08 bits per heavy atom. The Labute approximate surface area is 146 Å². The van der Waals surface area contributed by atoms with Gasteiger partial charge < -0.3 is 20.1 Å². The highest BCUT2D eigenvalue weighted by molar-refractivity contribution is 6.30. The minimum atomic E-state index is -0.288.